The maximum absolute atomic E-state index is 12.7. The summed E-state index contributed by atoms with van der Waals surface area (Å²) in [5, 5.41) is 0. The van der Waals surface area contributed by atoms with Gasteiger partial charge in [0.05, 0.1) is 5.69 Å². The predicted octanol–water partition coefficient (Wildman–Crippen LogP) is 1.40. The summed E-state index contributed by atoms with van der Waals surface area (Å²) in [6, 6.07) is 5.26. The molecule has 6 nitrogen and oxygen atoms in total. The SMILES string of the molecule is CC1(C)Oc2cccc(N)c2N(CC(=O)N2CCCC2)C1=O. The van der Waals surface area contributed by atoms with Gasteiger partial charge in [-0.05, 0) is 38.8 Å². The fourth-order valence-electron chi connectivity index (χ4n) is 3.01. The number of ether oxygens (including phenoxy) is 1. The summed E-state index contributed by atoms with van der Waals surface area (Å²) in [5.74, 6) is 0.252. The van der Waals surface area contributed by atoms with Gasteiger partial charge in [-0.2, -0.15) is 0 Å². The highest BCUT2D eigenvalue weighted by Gasteiger charge is 2.42. The normalized spacial score (nSPS) is 19.8. The highest BCUT2D eigenvalue weighted by atomic mass is 16.5. The molecule has 3 rings (SSSR count). The smallest absolute Gasteiger partial charge is 0.271 e. The molecule has 0 radical (unpaired) electrons. The summed E-state index contributed by atoms with van der Waals surface area (Å²) in [6.07, 6.45) is 2.04. The Morgan fingerprint density at radius 2 is 2.00 bits per heavy atom. The minimum atomic E-state index is -1.01. The van der Waals surface area contributed by atoms with Crippen LogP contribution >= 0.6 is 0 Å². The highest BCUT2D eigenvalue weighted by molar-refractivity contribution is 6.08. The standard InChI is InChI=1S/C16H21N3O3/c1-16(2)15(21)19(10-13(20)18-8-3-4-9-18)14-11(17)6-5-7-12(14)22-16/h5-7H,3-4,8-10,17H2,1-2H3. The van der Waals surface area contributed by atoms with Crippen LogP contribution in [0.25, 0.3) is 0 Å². The highest BCUT2D eigenvalue weighted by Crippen LogP contribution is 2.41. The molecule has 0 spiro atoms. The van der Waals surface area contributed by atoms with Gasteiger partial charge in [0.15, 0.2) is 5.60 Å². The number of likely N-dealkylation sites (tertiary alicyclic amines) is 1. The summed E-state index contributed by atoms with van der Waals surface area (Å²) >= 11 is 0. The van der Waals surface area contributed by atoms with Crippen molar-refractivity contribution >= 4 is 23.2 Å². The maximum Gasteiger partial charge on any atom is 0.271 e. The van der Waals surface area contributed by atoms with Gasteiger partial charge in [-0.25, -0.2) is 0 Å². The lowest BCUT2D eigenvalue weighted by atomic mass is 10.0. The van der Waals surface area contributed by atoms with E-state index >= 15 is 0 Å². The Bertz CT molecular complexity index is 621. The number of nitrogens with zero attached hydrogens (tertiary/aromatic N) is 2. The van der Waals surface area contributed by atoms with Crippen LogP contribution in [0.1, 0.15) is 26.7 Å². The molecule has 0 saturated carbocycles. The van der Waals surface area contributed by atoms with E-state index in [4.69, 9.17) is 10.5 Å². The number of carbonyl (C=O) groups excluding carboxylic acids is 2. The number of hydrogen-bond acceptors (Lipinski definition) is 4. The number of nitrogen functional groups attached to an aromatic ring is 1. The van der Waals surface area contributed by atoms with Gasteiger partial charge < -0.3 is 15.4 Å². The summed E-state index contributed by atoms with van der Waals surface area (Å²) in [4.78, 5) is 28.4. The van der Waals surface area contributed by atoms with Crippen molar-refractivity contribution in [1.29, 1.82) is 0 Å². The molecule has 0 unspecified atom stereocenters. The van der Waals surface area contributed by atoms with Crippen molar-refractivity contribution in [2.24, 2.45) is 0 Å². The van der Waals surface area contributed by atoms with Gasteiger partial charge >= 0.3 is 0 Å². The van der Waals surface area contributed by atoms with Crippen molar-refractivity contribution in [1.82, 2.24) is 4.90 Å². The van der Waals surface area contributed by atoms with E-state index in [-0.39, 0.29) is 18.4 Å². The van der Waals surface area contributed by atoms with E-state index in [1.54, 1.807) is 36.9 Å². The number of rotatable bonds is 2. The second-order valence-corrected chi connectivity index (χ2v) is 6.29. The monoisotopic (exact) mass is 303 g/mol. The van der Waals surface area contributed by atoms with Crippen LogP contribution in [-0.4, -0.2) is 41.9 Å². The van der Waals surface area contributed by atoms with Gasteiger partial charge in [-0.3, -0.25) is 14.5 Å². The molecule has 2 heterocycles. The van der Waals surface area contributed by atoms with E-state index in [1.807, 2.05) is 0 Å². The molecule has 2 aliphatic heterocycles. The number of hydrogen-bond donors (Lipinski definition) is 1. The van der Waals surface area contributed by atoms with E-state index in [2.05, 4.69) is 0 Å². The van der Waals surface area contributed by atoms with Crippen molar-refractivity contribution < 1.29 is 14.3 Å². The van der Waals surface area contributed by atoms with Crippen LogP contribution in [0, 0.1) is 0 Å². The van der Waals surface area contributed by atoms with Gasteiger partial charge in [-0.1, -0.05) is 6.07 Å². The number of benzene rings is 1. The zero-order valence-corrected chi connectivity index (χ0v) is 13.0. The molecule has 1 aromatic rings. The lowest BCUT2D eigenvalue weighted by molar-refractivity contribution is -0.136. The fourth-order valence-corrected chi connectivity index (χ4v) is 3.01. The molecule has 1 saturated heterocycles. The predicted molar refractivity (Wildman–Crippen MR) is 83.7 cm³/mol. The average Bonchev–Trinajstić information content (AvgIpc) is 2.97. The molecule has 0 aromatic heterocycles. The second-order valence-electron chi connectivity index (χ2n) is 6.29. The molecule has 1 fully saturated rings. The molecule has 2 aliphatic rings. The quantitative estimate of drug-likeness (QED) is 0.838. The number of anilines is 2. The molecule has 0 atom stereocenters. The van der Waals surface area contributed by atoms with E-state index in [0.29, 0.717) is 17.1 Å². The van der Waals surface area contributed by atoms with Gasteiger partial charge in [0.2, 0.25) is 5.91 Å². The fraction of sp³-hybridized carbons (Fsp3) is 0.500. The topological polar surface area (TPSA) is 75.9 Å². The van der Waals surface area contributed by atoms with Gasteiger partial charge in [0.1, 0.15) is 18.0 Å². The maximum atomic E-state index is 12.7. The first-order chi connectivity index (χ1) is 10.4. The van der Waals surface area contributed by atoms with Crippen molar-refractivity contribution in [3.8, 4) is 5.75 Å². The molecule has 0 bridgehead atoms. The van der Waals surface area contributed by atoms with E-state index < -0.39 is 5.60 Å². The lowest BCUT2D eigenvalue weighted by Crippen LogP contribution is -2.55. The Morgan fingerprint density at radius 1 is 1.32 bits per heavy atom. The van der Waals surface area contributed by atoms with Gasteiger partial charge in [0.25, 0.3) is 5.91 Å². The molecule has 1 aromatic carbocycles. The average molecular weight is 303 g/mol. The van der Waals surface area contributed by atoms with Crippen molar-refractivity contribution in [2.75, 3.05) is 30.3 Å². The zero-order valence-electron chi connectivity index (χ0n) is 13.0. The Morgan fingerprint density at radius 3 is 2.68 bits per heavy atom. The molecule has 22 heavy (non-hydrogen) atoms. The van der Waals surface area contributed by atoms with Crippen molar-refractivity contribution in [3.05, 3.63) is 18.2 Å². The Kier molecular flexibility index (Phi) is 3.47. The van der Waals surface area contributed by atoms with Crippen LogP contribution in [-0.2, 0) is 9.59 Å². The molecule has 2 amide bonds. The number of para-hydroxylation sites is 1. The third-order valence-corrected chi connectivity index (χ3v) is 4.18. The number of nitrogens with two attached hydrogens (primary N) is 1. The van der Waals surface area contributed by atoms with Crippen LogP contribution in [0.3, 0.4) is 0 Å². The van der Waals surface area contributed by atoms with E-state index in [1.165, 1.54) is 4.90 Å². The van der Waals surface area contributed by atoms with E-state index in [0.717, 1.165) is 25.9 Å². The summed E-state index contributed by atoms with van der Waals surface area (Å²) in [7, 11) is 0. The van der Waals surface area contributed by atoms with Crippen LogP contribution < -0.4 is 15.4 Å². The third-order valence-electron chi connectivity index (χ3n) is 4.18. The van der Waals surface area contributed by atoms with Crippen LogP contribution in [0.5, 0.6) is 5.75 Å². The number of carbonyl (C=O) groups is 2. The first-order valence-electron chi connectivity index (χ1n) is 7.57. The Balaban J connectivity index is 1.94. The van der Waals surface area contributed by atoms with Crippen LogP contribution in [0.2, 0.25) is 0 Å². The van der Waals surface area contributed by atoms with E-state index in [9.17, 15) is 9.59 Å². The summed E-state index contributed by atoms with van der Waals surface area (Å²) < 4.78 is 5.75. The zero-order chi connectivity index (χ0) is 15.9. The third kappa shape index (κ3) is 2.38. The largest absolute Gasteiger partial charge is 0.476 e. The second kappa shape index (κ2) is 5.19. The minimum Gasteiger partial charge on any atom is -0.476 e. The first-order valence-corrected chi connectivity index (χ1v) is 7.57. The lowest BCUT2D eigenvalue weighted by Gasteiger charge is -2.39. The van der Waals surface area contributed by atoms with Crippen LogP contribution in [0.15, 0.2) is 18.2 Å². The molecular weight excluding hydrogens is 282 g/mol. The molecule has 118 valence electrons. The molecule has 6 heteroatoms. The number of fused-ring (bicyclic) bond motifs is 1. The Labute approximate surface area is 129 Å². The van der Waals surface area contributed by atoms with Gasteiger partial charge in [0, 0.05) is 13.1 Å². The molecule has 2 N–H and O–H groups in total. The number of amides is 2. The summed E-state index contributed by atoms with van der Waals surface area (Å²) in [6.45, 7) is 4.94. The molecule has 0 aliphatic carbocycles. The summed E-state index contributed by atoms with van der Waals surface area (Å²) in [5.41, 5.74) is 5.94. The minimum absolute atomic E-state index is 0.00678. The Hall–Kier alpha value is -2.24. The van der Waals surface area contributed by atoms with Gasteiger partial charge in [-0.15, -0.1) is 0 Å². The van der Waals surface area contributed by atoms with Crippen LogP contribution in [0.4, 0.5) is 11.4 Å². The first kappa shape index (κ1) is 14.7. The molecular formula is C16H21N3O3. The van der Waals surface area contributed by atoms with Crippen molar-refractivity contribution in [3.63, 3.8) is 0 Å². The van der Waals surface area contributed by atoms with Crippen molar-refractivity contribution in [2.45, 2.75) is 32.3 Å².